The summed E-state index contributed by atoms with van der Waals surface area (Å²) in [5, 5.41) is 67.3. The first-order valence-electron chi connectivity index (χ1n) is 25.1. The molecule has 13 heteroatoms. The van der Waals surface area contributed by atoms with Gasteiger partial charge in [-0.05, 0) is 138 Å². The summed E-state index contributed by atoms with van der Waals surface area (Å²) >= 11 is 0. The lowest BCUT2D eigenvalue weighted by atomic mass is 9.82. The predicted molar refractivity (Wildman–Crippen MR) is 260 cm³/mol. The van der Waals surface area contributed by atoms with Crippen molar-refractivity contribution in [2.45, 2.75) is 146 Å². The second-order valence-electron chi connectivity index (χ2n) is 19.7. The van der Waals surface area contributed by atoms with E-state index in [2.05, 4.69) is 57.4 Å². The van der Waals surface area contributed by atoms with Crippen LogP contribution in [0.5, 0.6) is 0 Å². The van der Waals surface area contributed by atoms with Gasteiger partial charge in [-0.2, -0.15) is 0 Å². The summed E-state index contributed by atoms with van der Waals surface area (Å²) in [6.45, 7) is 2.25. The highest BCUT2D eigenvalue weighted by molar-refractivity contribution is 5.93. The average Bonchev–Trinajstić information content (AvgIpc) is 4.11. The van der Waals surface area contributed by atoms with E-state index >= 15 is 0 Å². The quantitative estimate of drug-likeness (QED) is 0.0257. The minimum atomic E-state index is -1.57. The molecule has 2 saturated carbocycles. The number of hydrogen-bond acceptors (Lipinski definition) is 11. The molecule has 9 N–H and O–H groups in total. The molecule has 0 bridgehead atoms. The van der Waals surface area contributed by atoms with E-state index < -0.39 is 36.6 Å². The standard InChI is InChI=1S/C54H73N5O8/c60-50(38-11-2-1-3-12-38)42-14-4-6-16-44(42)57-46(52(62)63)33-36-20-24-40(25-21-36)66-31-29-55-48-18-10-19-49(59-48)56-30-32-67-41-26-22-37(23-27-41)34-47(53(64)65)58-45-17-7-5-15-43(45)51(61)54-28-9-8-13-39(54)35-54/h1-2,4-6,9-10,15-16,18,20,24,28,37-39,41-42,46-47,49-52,56-58,60-63H,7-8,11,13-14,17,19,21-23,25-27,29-35H2,(H,55,59)(H,64,65)/t37?,38-,39+,41?,42+,46?,47?,49?,50?,51?,54?/m1/s1. The number of hydrogen-bond donors (Lipinski definition) is 9. The van der Waals surface area contributed by atoms with E-state index in [-0.39, 0.29) is 29.5 Å². The van der Waals surface area contributed by atoms with Crippen molar-refractivity contribution in [2.75, 3.05) is 26.3 Å². The summed E-state index contributed by atoms with van der Waals surface area (Å²) in [5.74, 6) is 7.44. The smallest absolute Gasteiger partial charge is 0.326 e. The topological polar surface area (TPSA) is 197 Å². The van der Waals surface area contributed by atoms with Crippen molar-refractivity contribution < 1.29 is 39.8 Å². The van der Waals surface area contributed by atoms with Gasteiger partial charge < -0.3 is 51.0 Å². The molecule has 13 nitrogen and oxygen atoms in total. The highest BCUT2D eigenvalue weighted by Crippen LogP contribution is 2.62. The molecule has 0 spiro atoms. The van der Waals surface area contributed by atoms with E-state index in [9.17, 15) is 30.3 Å². The molecule has 0 amide bonds. The number of carboxylic acids is 1. The Bertz CT molecular complexity index is 2110. The number of aliphatic imine (C=N–C) groups is 1. The Balaban J connectivity index is 0.704. The number of fused-ring (bicyclic) bond motifs is 1. The van der Waals surface area contributed by atoms with E-state index in [0.717, 1.165) is 111 Å². The minimum Gasteiger partial charge on any atom is -0.496 e. The number of ether oxygens (including phenoxy) is 2. The van der Waals surface area contributed by atoms with Crippen molar-refractivity contribution in [1.82, 2.24) is 21.3 Å². The molecule has 2 fully saturated rings. The molecule has 67 heavy (non-hydrogen) atoms. The van der Waals surface area contributed by atoms with Gasteiger partial charge >= 0.3 is 5.97 Å². The third kappa shape index (κ3) is 13.1. The fourth-order valence-electron chi connectivity index (χ4n) is 11.1. The molecule has 0 saturated heterocycles. The summed E-state index contributed by atoms with van der Waals surface area (Å²) in [5.41, 5.74) is 3.48. The largest absolute Gasteiger partial charge is 0.496 e. The lowest BCUT2D eigenvalue weighted by Gasteiger charge is -2.34. The van der Waals surface area contributed by atoms with Crippen LogP contribution < -0.4 is 21.3 Å². The first-order valence-corrected chi connectivity index (χ1v) is 25.1. The van der Waals surface area contributed by atoms with E-state index in [1.54, 1.807) is 0 Å². The minimum absolute atomic E-state index is 0.0520. The van der Waals surface area contributed by atoms with Crippen molar-refractivity contribution in [2.24, 2.45) is 34.1 Å². The lowest BCUT2D eigenvalue weighted by molar-refractivity contribution is -0.139. The van der Waals surface area contributed by atoms with Crippen LogP contribution in [0, 0.1) is 40.9 Å². The molecule has 1 aliphatic heterocycles. The first kappa shape index (κ1) is 48.8. The van der Waals surface area contributed by atoms with Gasteiger partial charge in [0.15, 0.2) is 6.29 Å². The number of carboxylic acid groups (broad SMARTS) is 1. The lowest BCUT2D eigenvalue weighted by Crippen LogP contribution is -2.47. The van der Waals surface area contributed by atoms with Crippen molar-refractivity contribution in [1.29, 1.82) is 0 Å². The first-order chi connectivity index (χ1) is 32.6. The Morgan fingerprint density at radius 3 is 2.57 bits per heavy atom. The van der Waals surface area contributed by atoms with E-state index in [1.807, 2.05) is 54.7 Å². The molecule has 6 unspecified atom stereocenters. The molecule has 0 aromatic carbocycles. The number of amidine groups is 1. The Morgan fingerprint density at radius 2 is 1.79 bits per heavy atom. The molecule has 0 aromatic heterocycles. The van der Waals surface area contributed by atoms with Crippen LogP contribution in [0.15, 0.2) is 112 Å². The molecule has 0 radical (unpaired) electrons. The Kier molecular flexibility index (Phi) is 17.1. The summed E-state index contributed by atoms with van der Waals surface area (Å²) < 4.78 is 12.3. The second-order valence-corrected chi connectivity index (χ2v) is 19.7. The van der Waals surface area contributed by atoms with Gasteiger partial charge in [0.1, 0.15) is 18.5 Å². The van der Waals surface area contributed by atoms with Crippen LogP contribution in [0.3, 0.4) is 0 Å². The molecule has 0 aromatic rings. The number of rotatable bonds is 23. The molecule has 7 aliphatic carbocycles. The van der Waals surface area contributed by atoms with Gasteiger partial charge in [-0.3, -0.25) is 10.3 Å². The van der Waals surface area contributed by atoms with E-state index in [1.165, 1.54) is 0 Å². The average molecular weight is 920 g/mol. The second kappa shape index (κ2) is 23.6. The van der Waals surface area contributed by atoms with Crippen molar-refractivity contribution >= 4 is 11.8 Å². The SMILES string of the molecule is O=C(O)C(CC1CCC(OCCNC2CC=CC(=NCCOC3=CC=C(CC(NC4=CC=CC[C@@H]4C(O)[C@H]4C#CC=CC4)C(O)O)CC3)N2)CC1)NC1=C(C(O)C23C=CCC[C@H]2C3)C=CCC1. The summed E-state index contributed by atoms with van der Waals surface area (Å²) in [4.78, 5) is 17.2. The maximum atomic E-state index is 12.5. The maximum Gasteiger partial charge on any atom is 0.326 e. The summed E-state index contributed by atoms with van der Waals surface area (Å²) in [6, 6.07) is -1.31. The Labute approximate surface area is 396 Å². The van der Waals surface area contributed by atoms with Crippen LogP contribution in [0.25, 0.3) is 0 Å². The number of nitrogens with zero attached hydrogens (tertiary/aromatic N) is 1. The predicted octanol–water partition coefficient (Wildman–Crippen LogP) is 5.86. The highest BCUT2D eigenvalue weighted by Gasteiger charge is 2.58. The van der Waals surface area contributed by atoms with Crippen LogP contribution in [-0.2, 0) is 14.3 Å². The molecular formula is C54H73N5O8. The number of aliphatic hydroxyl groups is 4. The maximum absolute atomic E-state index is 12.5. The zero-order valence-corrected chi connectivity index (χ0v) is 38.9. The van der Waals surface area contributed by atoms with Gasteiger partial charge in [-0.1, -0.05) is 72.1 Å². The number of aliphatic carboxylic acids is 1. The van der Waals surface area contributed by atoms with E-state index in [4.69, 9.17) is 14.5 Å². The van der Waals surface area contributed by atoms with Gasteiger partial charge in [0, 0.05) is 35.7 Å². The summed E-state index contributed by atoms with van der Waals surface area (Å²) in [6.07, 6.45) is 36.8. The van der Waals surface area contributed by atoms with Gasteiger partial charge in [-0.15, -0.1) is 0 Å². The van der Waals surface area contributed by atoms with Gasteiger partial charge in [-0.25, -0.2) is 4.79 Å². The van der Waals surface area contributed by atoms with Gasteiger partial charge in [0.05, 0.1) is 55.3 Å². The van der Waals surface area contributed by atoms with Crippen molar-refractivity contribution in [3.63, 3.8) is 0 Å². The van der Waals surface area contributed by atoms with Crippen molar-refractivity contribution in [3.05, 3.63) is 107 Å². The third-order valence-corrected chi connectivity index (χ3v) is 15.1. The van der Waals surface area contributed by atoms with Gasteiger partial charge in [0.2, 0.25) is 0 Å². The molecule has 1 heterocycles. The normalized spacial score (nSPS) is 31.1. The van der Waals surface area contributed by atoms with Gasteiger partial charge in [0.25, 0.3) is 0 Å². The molecule has 8 rings (SSSR count). The zero-order valence-electron chi connectivity index (χ0n) is 38.9. The number of aliphatic hydroxyl groups excluding tert-OH is 3. The number of nitrogens with one attached hydrogen (secondary N) is 4. The number of allylic oxidation sites excluding steroid dienone is 11. The van der Waals surface area contributed by atoms with Crippen LogP contribution in [0.4, 0.5) is 0 Å². The molecule has 362 valence electrons. The van der Waals surface area contributed by atoms with E-state index in [0.29, 0.717) is 63.8 Å². The Hall–Kier alpha value is -4.68. The fourth-order valence-corrected chi connectivity index (χ4v) is 11.1. The number of carbonyl (C=O) groups is 1. The Morgan fingerprint density at radius 1 is 0.910 bits per heavy atom. The monoisotopic (exact) mass is 920 g/mol. The van der Waals surface area contributed by atoms with Crippen molar-refractivity contribution in [3.8, 4) is 11.8 Å². The zero-order chi connectivity index (χ0) is 46.6. The fraction of sp³-hybridized carbons (Fsp3) is 0.593. The van der Waals surface area contributed by atoms with Crippen LogP contribution in [0.1, 0.15) is 103 Å². The molecule has 8 aliphatic rings. The molecule has 9 atom stereocenters. The highest BCUT2D eigenvalue weighted by atomic mass is 16.5. The summed E-state index contributed by atoms with van der Waals surface area (Å²) in [7, 11) is 0. The molecular weight excluding hydrogens is 847 g/mol. The third-order valence-electron chi connectivity index (χ3n) is 15.1. The van der Waals surface area contributed by atoms with Crippen LogP contribution in [-0.4, -0.2) is 106 Å². The van der Waals surface area contributed by atoms with Crippen LogP contribution >= 0.6 is 0 Å². The van der Waals surface area contributed by atoms with Crippen LogP contribution in [0.2, 0.25) is 0 Å².